The predicted octanol–water partition coefficient (Wildman–Crippen LogP) is 5.63. The number of rotatable bonds is 7. The van der Waals surface area contributed by atoms with Gasteiger partial charge in [-0.15, -0.1) is 0 Å². The number of nitrogens with one attached hydrogen (secondary N) is 1. The number of anilines is 1. The van der Waals surface area contributed by atoms with Gasteiger partial charge in [0.25, 0.3) is 11.8 Å². The van der Waals surface area contributed by atoms with Crippen LogP contribution in [0.5, 0.6) is 17.2 Å². The van der Waals surface area contributed by atoms with Crippen molar-refractivity contribution in [2.75, 3.05) is 18.7 Å². The molecule has 0 spiro atoms. The number of thiocarbonyl (C=S) groups is 1. The number of benzene rings is 3. The summed E-state index contributed by atoms with van der Waals surface area (Å²) in [6, 6.07) is 16.4. The van der Waals surface area contributed by atoms with Crippen LogP contribution in [0.1, 0.15) is 11.1 Å². The third-order valence-electron chi connectivity index (χ3n) is 5.38. The Balaban J connectivity index is 1.21. The van der Waals surface area contributed by atoms with E-state index < -0.39 is 11.7 Å². The maximum Gasteiger partial charge on any atom is 0.266 e. The molecule has 7 nitrogen and oxygen atoms in total. The van der Waals surface area contributed by atoms with Crippen molar-refractivity contribution in [3.8, 4) is 17.2 Å². The van der Waals surface area contributed by atoms with E-state index in [1.807, 2.05) is 24.3 Å². The lowest BCUT2D eigenvalue weighted by atomic mass is 10.1. The molecule has 0 aromatic heterocycles. The van der Waals surface area contributed by atoms with Crippen LogP contribution in [0.4, 0.5) is 10.1 Å². The molecule has 3 aromatic rings. The number of ether oxygens (including phenoxy) is 3. The maximum atomic E-state index is 13.3. The summed E-state index contributed by atoms with van der Waals surface area (Å²) in [5.74, 6) is 0.558. The molecular formula is C26H18ClFN2O5S2. The smallest absolute Gasteiger partial charge is 0.266 e. The highest BCUT2D eigenvalue weighted by atomic mass is 35.5. The second-order valence-corrected chi connectivity index (χ2v) is 10.1. The summed E-state index contributed by atoms with van der Waals surface area (Å²) >= 11 is 12.4. The fourth-order valence-corrected chi connectivity index (χ4v) is 5.06. The molecule has 3 aromatic carbocycles. The van der Waals surface area contributed by atoms with Crippen LogP contribution < -0.4 is 19.5 Å². The van der Waals surface area contributed by atoms with Gasteiger partial charge in [-0.25, -0.2) is 4.39 Å². The number of carbonyl (C=O) groups is 2. The van der Waals surface area contributed by atoms with E-state index in [1.54, 1.807) is 24.3 Å². The van der Waals surface area contributed by atoms with Crippen molar-refractivity contribution < 1.29 is 28.2 Å². The van der Waals surface area contributed by atoms with Gasteiger partial charge in [-0.05, 0) is 59.7 Å². The van der Waals surface area contributed by atoms with Crippen molar-refractivity contribution >= 4 is 63.5 Å². The van der Waals surface area contributed by atoms with E-state index in [2.05, 4.69) is 5.32 Å². The molecule has 2 amide bonds. The first kappa shape index (κ1) is 25.1. The Morgan fingerprint density at radius 1 is 1.16 bits per heavy atom. The van der Waals surface area contributed by atoms with E-state index in [9.17, 15) is 14.0 Å². The number of hydrogen-bond acceptors (Lipinski definition) is 7. The largest absolute Gasteiger partial charge is 0.484 e. The molecule has 0 bridgehead atoms. The van der Waals surface area contributed by atoms with E-state index in [4.69, 9.17) is 38.0 Å². The Morgan fingerprint density at radius 3 is 2.84 bits per heavy atom. The molecule has 5 rings (SSSR count). The molecule has 0 aliphatic carbocycles. The summed E-state index contributed by atoms with van der Waals surface area (Å²) < 4.78 is 30.1. The summed E-state index contributed by atoms with van der Waals surface area (Å²) in [5, 5.41) is 2.50. The van der Waals surface area contributed by atoms with Crippen LogP contribution in [0.2, 0.25) is 5.02 Å². The van der Waals surface area contributed by atoms with Gasteiger partial charge in [0.1, 0.15) is 15.9 Å². The van der Waals surface area contributed by atoms with Crippen molar-refractivity contribution in [3.05, 3.63) is 87.5 Å². The highest BCUT2D eigenvalue weighted by Crippen LogP contribution is 2.36. The molecule has 2 aliphatic heterocycles. The quantitative estimate of drug-likeness (QED) is 0.299. The van der Waals surface area contributed by atoms with Gasteiger partial charge in [0, 0.05) is 5.69 Å². The zero-order valence-electron chi connectivity index (χ0n) is 19.0. The molecule has 0 radical (unpaired) electrons. The zero-order chi connectivity index (χ0) is 25.9. The van der Waals surface area contributed by atoms with Crippen molar-refractivity contribution in [1.29, 1.82) is 0 Å². The zero-order valence-corrected chi connectivity index (χ0v) is 21.4. The lowest BCUT2D eigenvalue weighted by Crippen LogP contribution is -2.27. The second kappa shape index (κ2) is 10.8. The molecule has 188 valence electrons. The average molecular weight is 557 g/mol. The molecule has 11 heteroatoms. The van der Waals surface area contributed by atoms with Crippen molar-refractivity contribution in [3.63, 3.8) is 0 Å². The van der Waals surface area contributed by atoms with Gasteiger partial charge in [0.2, 0.25) is 6.79 Å². The summed E-state index contributed by atoms with van der Waals surface area (Å²) in [4.78, 5) is 27.3. The Kier molecular flexibility index (Phi) is 7.31. The number of hydrogen-bond donors (Lipinski definition) is 1. The highest BCUT2D eigenvalue weighted by Gasteiger charge is 2.32. The minimum absolute atomic E-state index is 0.0901. The van der Waals surface area contributed by atoms with Crippen LogP contribution in [0.15, 0.2) is 65.6 Å². The molecule has 1 N–H and O–H groups in total. The molecular weight excluding hydrogens is 539 g/mol. The minimum Gasteiger partial charge on any atom is -0.484 e. The van der Waals surface area contributed by atoms with Gasteiger partial charge in [-0.2, -0.15) is 0 Å². The van der Waals surface area contributed by atoms with Crippen LogP contribution in [0.25, 0.3) is 6.08 Å². The van der Waals surface area contributed by atoms with Gasteiger partial charge < -0.3 is 19.5 Å². The molecule has 2 heterocycles. The van der Waals surface area contributed by atoms with Crippen molar-refractivity contribution in [2.45, 2.75) is 6.54 Å². The van der Waals surface area contributed by atoms with Crippen LogP contribution >= 0.6 is 35.6 Å². The van der Waals surface area contributed by atoms with Crippen LogP contribution in [-0.4, -0.2) is 34.4 Å². The average Bonchev–Trinajstić information content (AvgIpc) is 3.45. The van der Waals surface area contributed by atoms with Crippen molar-refractivity contribution in [1.82, 2.24) is 4.90 Å². The summed E-state index contributed by atoms with van der Waals surface area (Å²) in [7, 11) is 0. The Morgan fingerprint density at radius 2 is 2.00 bits per heavy atom. The van der Waals surface area contributed by atoms with E-state index in [1.165, 1.54) is 34.9 Å². The lowest BCUT2D eigenvalue weighted by Gasteiger charge is -2.14. The topological polar surface area (TPSA) is 77.1 Å². The molecule has 1 saturated heterocycles. The first-order valence-corrected chi connectivity index (χ1v) is 12.6. The van der Waals surface area contributed by atoms with Gasteiger partial charge in [0.05, 0.1) is 16.5 Å². The van der Waals surface area contributed by atoms with Crippen LogP contribution in [0, 0.1) is 5.82 Å². The summed E-state index contributed by atoms with van der Waals surface area (Å²) in [6.07, 6.45) is 1.73. The monoisotopic (exact) mass is 556 g/mol. The lowest BCUT2D eigenvalue weighted by molar-refractivity contribution is -0.122. The number of fused-ring (bicyclic) bond motifs is 1. The van der Waals surface area contributed by atoms with Crippen LogP contribution in [0.3, 0.4) is 0 Å². The predicted molar refractivity (Wildman–Crippen MR) is 143 cm³/mol. The first-order chi connectivity index (χ1) is 17.9. The van der Waals surface area contributed by atoms with Gasteiger partial charge in [0.15, 0.2) is 18.1 Å². The number of amides is 2. The molecule has 0 unspecified atom stereocenters. The fourth-order valence-electron chi connectivity index (χ4n) is 3.62. The Labute approximate surface area is 226 Å². The van der Waals surface area contributed by atoms with Gasteiger partial charge in [-0.3, -0.25) is 14.5 Å². The van der Waals surface area contributed by atoms with E-state index >= 15 is 0 Å². The molecule has 1 fully saturated rings. The second-order valence-electron chi connectivity index (χ2n) is 7.99. The SMILES string of the molecule is O=C(COc1cccc(/C=C2\SC(=S)N(Cc3ccc4c(c3)OCO4)C2=O)c1)Nc1ccc(F)c(Cl)c1. The number of halogens is 2. The number of nitrogens with zero attached hydrogens (tertiary/aromatic N) is 1. The normalized spacial score (nSPS) is 15.4. The third-order valence-corrected chi connectivity index (χ3v) is 7.05. The fraction of sp³-hybridized carbons (Fsp3) is 0.115. The van der Waals surface area contributed by atoms with E-state index in [-0.39, 0.29) is 24.3 Å². The third kappa shape index (κ3) is 5.87. The summed E-state index contributed by atoms with van der Waals surface area (Å²) in [6.45, 7) is 0.228. The van der Waals surface area contributed by atoms with Gasteiger partial charge >= 0.3 is 0 Å². The Bertz CT molecular complexity index is 1450. The number of thioether (sulfide) groups is 1. The maximum absolute atomic E-state index is 13.3. The van der Waals surface area contributed by atoms with E-state index in [0.29, 0.717) is 44.3 Å². The van der Waals surface area contributed by atoms with E-state index in [0.717, 1.165) is 5.56 Å². The summed E-state index contributed by atoms with van der Waals surface area (Å²) in [5.41, 5.74) is 1.95. The number of carbonyl (C=O) groups excluding carboxylic acids is 2. The molecule has 0 saturated carbocycles. The highest BCUT2D eigenvalue weighted by molar-refractivity contribution is 8.26. The van der Waals surface area contributed by atoms with Crippen LogP contribution in [-0.2, 0) is 16.1 Å². The molecule has 37 heavy (non-hydrogen) atoms. The minimum atomic E-state index is -0.572. The van der Waals surface area contributed by atoms with Gasteiger partial charge in [-0.1, -0.05) is 53.8 Å². The molecule has 0 atom stereocenters. The Hall–Kier alpha value is -3.60. The first-order valence-electron chi connectivity index (χ1n) is 11.0. The van der Waals surface area contributed by atoms with Crippen molar-refractivity contribution in [2.24, 2.45) is 0 Å². The molecule has 2 aliphatic rings. The standard InChI is InChI=1S/C26H18ClFN2O5S2/c27-19-11-17(5-6-20(19)28)29-24(31)13-33-18-3-1-2-15(8-18)10-23-25(32)30(26(36)37-23)12-16-4-7-21-22(9-16)35-14-34-21/h1-11H,12-14H2,(H,29,31)/b23-10-.